The van der Waals surface area contributed by atoms with Crippen LogP contribution in [0.1, 0.15) is 85.8 Å². The van der Waals surface area contributed by atoms with Gasteiger partial charge in [-0.25, -0.2) is 24.7 Å². The first-order valence-electron chi connectivity index (χ1n) is 18.2. The van der Waals surface area contributed by atoms with Gasteiger partial charge in [0.25, 0.3) is 0 Å². The molecule has 274 valence electrons. The van der Waals surface area contributed by atoms with Gasteiger partial charge >= 0.3 is 6.09 Å². The Bertz CT molecular complexity index is 1730. The molecule has 2 aliphatic heterocycles. The average Bonchev–Trinajstić information content (AvgIpc) is 3.61. The van der Waals surface area contributed by atoms with Crippen molar-refractivity contribution in [3.05, 3.63) is 42.4 Å². The van der Waals surface area contributed by atoms with Crippen molar-refractivity contribution in [2.45, 2.75) is 110 Å². The Balaban J connectivity index is 1.29. The fraction of sp³-hybridized carbons (Fsp3) is 0.605. The molecule has 1 saturated carbocycles. The highest BCUT2D eigenvalue weighted by Crippen LogP contribution is 2.40. The third-order valence-electron chi connectivity index (χ3n) is 10.4. The molecule has 4 heterocycles. The normalized spacial score (nSPS) is 27.4. The SMILES string of the molecule is CC(=O)[C@@H]1[C@H](C)[C@@H]2CN1C(=O)[C@H](C(C)(C)C)NC(=O)O[C@]1(C)CCC(CCCCc3nc4ccc(OCCNc5ncccn5)cc4nc3O2)C1. The minimum atomic E-state index is -0.914. The van der Waals surface area contributed by atoms with E-state index in [1.54, 1.807) is 23.4 Å². The van der Waals surface area contributed by atoms with Crippen LogP contribution in [0.2, 0.25) is 0 Å². The predicted octanol–water partition coefficient (Wildman–Crippen LogP) is 5.52. The predicted molar refractivity (Wildman–Crippen MR) is 191 cm³/mol. The van der Waals surface area contributed by atoms with Crippen LogP contribution in [0.3, 0.4) is 0 Å². The number of alkyl carbamates (subject to hydrolysis) is 1. The van der Waals surface area contributed by atoms with Crippen molar-refractivity contribution in [2.75, 3.05) is 25.0 Å². The van der Waals surface area contributed by atoms with Crippen molar-refractivity contribution >= 4 is 34.8 Å². The van der Waals surface area contributed by atoms with E-state index in [0.29, 0.717) is 48.6 Å². The number of ether oxygens (including phenoxy) is 3. The molecule has 13 nitrogen and oxygen atoms in total. The highest BCUT2D eigenvalue weighted by molar-refractivity contribution is 5.92. The Kier molecular flexibility index (Phi) is 10.6. The van der Waals surface area contributed by atoms with Gasteiger partial charge in [0.1, 0.15) is 35.8 Å². The number of hydrogen-bond acceptors (Lipinski definition) is 11. The van der Waals surface area contributed by atoms with Crippen LogP contribution in [0.4, 0.5) is 10.7 Å². The number of aryl methyl sites for hydroxylation is 1. The number of rotatable bonds is 6. The second kappa shape index (κ2) is 15.0. The van der Waals surface area contributed by atoms with Gasteiger partial charge in [-0.3, -0.25) is 9.59 Å². The molecular formula is C38H51N7O6. The van der Waals surface area contributed by atoms with Crippen LogP contribution in [0, 0.1) is 17.3 Å². The molecule has 2 amide bonds. The monoisotopic (exact) mass is 701 g/mol. The molecule has 1 saturated heterocycles. The van der Waals surface area contributed by atoms with E-state index >= 15 is 0 Å². The number of anilines is 1. The molecular weight excluding hydrogens is 650 g/mol. The maximum Gasteiger partial charge on any atom is 0.408 e. The zero-order valence-corrected chi connectivity index (χ0v) is 30.6. The molecule has 6 rings (SSSR count). The highest BCUT2D eigenvalue weighted by atomic mass is 16.6. The highest BCUT2D eigenvalue weighted by Gasteiger charge is 2.49. The summed E-state index contributed by atoms with van der Waals surface area (Å²) in [6.45, 7) is 12.2. The topological polar surface area (TPSA) is 158 Å². The van der Waals surface area contributed by atoms with Crippen LogP contribution in [0.5, 0.6) is 11.6 Å². The van der Waals surface area contributed by atoms with E-state index in [2.05, 4.69) is 20.6 Å². The molecule has 6 atom stereocenters. The van der Waals surface area contributed by atoms with E-state index in [0.717, 1.165) is 49.7 Å². The summed E-state index contributed by atoms with van der Waals surface area (Å²) in [6.07, 6.45) is 8.30. The lowest BCUT2D eigenvalue weighted by Crippen LogP contribution is -2.57. The average molecular weight is 702 g/mol. The molecule has 1 aliphatic carbocycles. The second-order valence-electron chi connectivity index (χ2n) is 15.7. The Morgan fingerprint density at radius 2 is 1.90 bits per heavy atom. The molecule has 1 unspecified atom stereocenters. The number of amides is 2. The summed E-state index contributed by atoms with van der Waals surface area (Å²) in [7, 11) is 0. The van der Waals surface area contributed by atoms with E-state index in [9.17, 15) is 14.4 Å². The van der Waals surface area contributed by atoms with Crippen LogP contribution < -0.4 is 20.1 Å². The van der Waals surface area contributed by atoms with Crippen LogP contribution >= 0.6 is 0 Å². The van der Waals surface area contributed by atoms with Crippen LogP contribution in [-0.4, -0.2) is 86.1 Å². The summed E-state index contributed by atoms with van der Waals surface area (Å²) >= 11 is 0. The number of carbonyl (C=O) groups excluding carboxylic acids is 3. The van der Waals surface area contributed by atoms with Gasteiger partial charge in [0, 0.05) is 24.4 Å². The first-order valence-corrected chi connectivity index (χ1v) is 18.2. The molecule has 3 aliphatic rings. The summed E-state index contributed by atoms with van der Waals surface area (Å²) in [4.78, 5) is 60.7. The van der Waals surface area contributed by atoms with Gasteiger partial charge in [0.2, 0.25) is 17.7 Å². The number of benzene rings is 1. The maximum absolute atomic E-state index is 14.3. The van der Waals surface area contributed by atoms with Gasteiger partial charge in [0.15, 0.2) is 5.78 Å². The Morgan fingerprint density at radius 1 is 1.12 bits per heavy atom. The smallest absolute Gasteiger partial charge is 0.408 e. The van der Waals surface area contributed by atoms with Crippen LogP contribution in [0.15, 0.2) is 36.7 Å². The van der Waals surface area contributed by atoms with Gasteiger partial charge in [-0.1, -0.05) is 40.5 Å². The van der Waals surface area contributed by atoms with Gasteiger partial charge < -0.3 is 29.7 Å². The van der Waals surface area contributed by atoms with Gasteiger partial charge in [0.05, 0.1) is 30.2 Å². The van der Waals surface area contributed by atoms with Crippen molar-refractivity contribution in [2.24, 2.45) is 17.3 Å². The first-order chi connectivity index (χ1) is 24.3. The Hall–Kier alpha value is -4.55. The van der Waals surface area contributed by atoms with Gasteiger partial charge in [-0.2, -0.15) is 0 Å². The van der Waals surface area contributed by atoms with Crippen molar-refractivity contribution in [3.8, 4) is 11.6 Å². The zero-order valence-electron chi connectivity index (χ0n) is 30.6. The Morgan fingerprint density at radius 3 is 2.65 bits per heavy atom. The van der Waals surface area contributed by atoms with E-state index in [1.807, 2.05) is 52.8 Å². The Labute approximate surface area is 299 Å². The lowest BCUT2D eigenvalue weighted by molar-refractivity contribution is -0.141. The number of hydrogen-bond donors (Lipinski definition) is 2. The van der Waals surface area contributed by atoms with E-state index in [-0.39, 0.29) is 24.2 Å². The van der Waals surface area contributed by atoms with Crippen molar-refractivity contribution in [1.29, 1.82) is 0 Å². The molecule has 2 N–H and O–H groups in total. The van der Waals surface area contributed by atoms with Crippen molar-refractivity contribution in [3.63, 3.8) is 0 Å². The number of aromatic nitrogens is 4. The van der Waals surface area contributed by atoms with Crippen molar-refractivity contribution < 1.29 is 28.6 Å². The summed E-state index contributed by atoms with van der Waals surface area (Å²) in [5, 5.41) is 6.03. The number of fused-ring (bicyclic) bond motifs is 6. The molecule has 4 bridgehead atoms. The summed E-state index contributed by atoms with van der Waals surface area (Å²) in [5.41, 5.74) is 0.853. The zero-order chi connectivity index (χ0) is 36.3. The molecule has 13 heteroatoms. The van der Waals surface area contributed by atoms with Crippen LogP contribution in [-0.2, 0) is 20.7 Å². The molecule has 1 aromatic carbocycles. The third kappa shape index (κ3) is 8.50. The van der Waals surface area contributed by atoms with Crippen molar-refractivity contribution in [1.82, 2.24) is 30.2 Å². The lowest BCUT2D eigenvalue weighted by Gasteiger charge is -2.36. The fourth-order valence-corrected chi connectivity index (χ4v) is 7.76. The largest absolute Gasteiger partial charge is 0.492 e. The molecule has 0 spiro atoms. The van der Waals surface area contributed by atoms with Crippen LogP contribution in [0.25, 0.3) is 11.0 Å². The number of Topliss-reactive ketones (excluding diaryl/α,β-unsaturated/α-hetero) is 1. The molecule has 51 heavy (non-hydrogen) atoms. The minimum absolute atomic E-state index is 0.146. The number of ketones is 1. The van der Waals surface area contributed by atoms with E-state index < -0.39 is 35.3 Å². The van der Waals surface area contributed by atoms with E-state index in [1.165, 1.54) is 6.92 Å². The van der Waals surface area contributed by atoms with Gasteiger partial charge in [-0.05, 0) is 75.5 Å². The third-order valence-corrected chi connectivity index (χ3v) is 10.4. The summed E-state index contributed by atoms with van der Waals surface area (Å²) in [5.74, 6) is 1.19. The quantitative estimate of drug-likeness (QED) is 0.312. The molecule has 2 aromatic heterocycles. The number of carbonyl (C=O) groups is 3. The van der Waals surface area contributed by atoms with Gasteiger partial charge in [-0.15, -0.1) is 0 Å². The molecule has 3 aromatic rings. The standard InChI is InChI=1S/C38H51N7O6/c1-23-30-22-45(31(23)24(2)46)34(47)32(37(3,4)5)44-36(48)51-38(6)15-14-25(21-38)10-7-8-11-28-33(50-30)43-29-20-26(12-13-27(29)42-28)49-19-18-41-35-39-16-9-17-40-35/h9,12-13,16-17,20,23,25,30-32H,7-8,10-11,14-15,18-19,21-22H2,1-6H3,(H,44,48)(H,39,40,41)/t23-,25?,30+,31+,32-,38-/m1/s1. The summed E-state index contributed by atoms with van der Waals surface area (Å²) < 4.78 is 18.7. The molecule has 0 radical (unpaired) electrons. The van der Waals surface area contributed by atoms with E-state index in [4.69, 9.17) is 24.2 Å². The summed E-state index contributed by atoms with van der Waals surface area (Å²) in [6, 6.07) is 5.75. The first kappa shape index (κ1) is 36.2. The lowest BCUT2D eigenvalue weighted by atomic mass is 9.85. The number of nitrogens with one attached hydrogen (secondary N) is 2. The maximum atomic E-state index is 14.3. The second-order valence-corrected chi connectivity index (χ2v) is 15.7. The number of nitrogens with zero attached hydrogens (tertiary/aromatic N) is 5. The molecule has 2 fully saturated rings. The minimum Gasteiger partial charge on any atom is -0.492 e. The fourth-order valence-electron chi connectivity index (χ4n) is 7.76.